The summed E-state index contributed by atoms with van der Waals surface area (Å²) >= 11 is 0. The Morgan fingerprint density at radius 3 is 3.13 bits per heavy atom. The number of nitriles is 1. The Kier molecular flexibility index (Phi) is 6.33. The van der Waals surface area contributed by atoms with Crippen LogP contribution in [0.1, 0.15) is 19.3 Å². The summed E-state index contributed by atoms with van der Waals surface area (Å²) in [6.07, 6.45) is 3.73. The normalized spacial score (nSPS) is 22.5. The number of methoxy groups -OCH3 is 1. The Balaban J connectivity index is 2.20. The molecular weight excluding hydrogens is 190 g/mol. The largest absolute Gasteiger partial charge is 0.383 e. The molecule has 86 valence electrons. The molecule has 0 aromatic heterocycles. The second-order valence-electron chi connectivity index (χ2n) is 3.98. The molecule has 0 spiro atoms. The van der Waals surface area contributed by atoms with Crippen molar-refractivity contribution in [2.45, 2.75) is 25.3 Å². The Morgan fingerprint density at radius 1 is 1.53 bits per heavy atom. The van der Waals surface area contributed by atoms with E-state index in [4.69, 9.17) is 10.00 Å². The lowest BCUT2D eigenvalue weighted by atomic mass is 10.0. The lowest BCUT2D eigenvalue weighted by Gasteiger charge is -2.34. The summed E-state index contributed by atoms with van der Waals surface area (Å²) in [6.45, 7) is 4.27. The van der Waals surface area contributed by atoms with Crippen LogP contribution in [0.4, 0.5) is 0 Å². The van der Waals surface area contributed by atoms with Gasteiger partial charge >= 0.3 is 0 Å². The molecule has 0 aromatic carbocycles. The highest BCUT2D eigenvalue weighted by atomic mass is 16.5. The number of hydrogen-bond donors (Lipinski definition) is 1. The Labute approximate surface area is 92.2 Å². The van der Waals surface area contributed by atoms with Crippen LogP contribution in [-0.4, -0.2) is 50.8 Å². The van der Waals surface area contributed by atoms with Crippen LogP contribution in [0.3, 0.4) is 0 Å². The van der Waals surface area contributed by atoms with Gasteiger partial charge in [-0.3, -0.25) is 4.90 Å². The molecule has 1 heterocycles. The van der Waals surface area contributed by atoms with E-state index in [2.05, 4.69) is 16.3 Å². The number of likely N-dealkylation sites (tertiary alicyclic amines) is 1. The fraction of sp³-hybridized carbons (Fsp3) is 0.909. The highest BCUT2D eigenvalue weighted by molar-refractivity contribution is 4.85. The van der Waals surface area contributed by atoms with Crippen LogP contribution < -0.4 is 5.32 Å². The number of hydrogen-bond acceptors (Lipinski definition) is 4. The van der Waals surface area contributed by atoms with Gasteiger partial charge in [-0.25, -0.2) is 0 Å². The van der Waals surface area contributed by atoms with Crippen molar-refractivity contribution in [3.63, 3.8) is 0 Å². The van der Waals surface area contributed by atoms with Gasteiger partial charge in [-0.15, -0.1) is 0 Å². The second kappa shape index (κ2) is 7.63. The summed E-state index contributed by atoms with van der Waals surface area (Å²) in [7, 11) is 1.71. The molecular formula is C11H21N3O. The molecule has 1 rings (SSSR count). The molecule has 0 aliphatic carbocycles. The fourth-order valence-electron chi connectivity index (χ4n) is 2.03. The Hall–Kier alpha value is -0.630. The van der Waals surface area contributed by atoms with Gasteiger partial charge in [-0.2, -0.15) is 5.26 Å². The molecule has 4 nitrogen and oxygen atoms in total. The maximum atomic E-state index is 8.71. The zero-order valence-electron chi connectivity index (χ0n) is 9.54. The molecule has 0 bridgehead atoms. The summed E-state index contributed by atoms with van der Waals surface area (Å²) in [4.78, 5) is 2.28. The molecule has 1 saturated heterocycles. The molecule has 1 aliphatic heterocycles. The first-order valence-electron chi connectivity index (χ1n) is 5.69. The van der Waals surface area contributed by atoms with Crippen molar-refractivity contribution < 1.29 is 4.74 Å². The zero-order chi connectivity index (χ0) is 10.9. The summed E-state index contributed by atoms with van der Waals surface area (Å²) < 4.78 is 4.98. The van der Waals surface area contributed by atoms with Gasteiger partial charge in [-0.05, 0) is 19.4 Å². The number of ether oxygens (including phenoxy) is 1. The van der Waals surface area contributed by atoms with Crippen LogP contribution in [0.2, 0.25) is 0 Å². The minimum Gasteiger partial charge on any atom is -0.383 e. The van der Waals surface area contributed by atoms with Gasteiger partial charge in [0.1, 0.15) is 0 Å². The molecule has 15 heavy (non-hydrogen) atoms. The van der Waals surface area contributed by atoms with Crippen molar-refractivity contribution in [2.75, 3.05) is 39.9 Å². The fourth-order valence-corrected chi connectivity index (χ4v) is 2.03. The van der Waals surface area contributed by atoms with Crippen LogP contribution in [0.15, 0.2) is 0 Å². The van der Waals surface area contributed by atoms with Crippen LogP contribution in [0.5, 0.6) is 0 Å². The first kappa shape index (κ1) is 12.4. The van der Waals surface area contributed by atoms with Gasteiger partial charge in [0.2, 0.25) is 0 Å². The summed E-state index contributed by atoms with van der Waals surface area (Å²) in [5.41, 5.74) is 0. The van der Waals surface area contributed by atoms with E-state index >= 15 is 0 Å². The van der Waals surface area contributed by atoms with Crippen molar-refractivity contribution in [3.05, 3.63) is 0 Å². The Bertz CT molecular complexity index is 202. The molecule has 0 aromatic rings. The lowest BCUT2D eigenvalue weighted by Crippen LogP contribution is -2.46. The van der Waals surface area contributed by atoms with Crippen molar-refractivity contribution >= 4 is 0 Å². The SMILES string of the molecule is COCCNCC1CCCCN1CC#N. The molecule has 0 radical (unpaired) electrons. The number of nitrogens with one attached hydrogen (secondary N) is 1. The first-order valence-corrected chi connectivity index (χ1v) is 5.69. The van der Waals surface area contributed by atoms with E-state index in [0.29, 0.717) is 12.6 Å². The molecule has 1 aliphatic rings. The van der Waals surface area contributed by atoms with E-state index in [1.54, 1.807) is 7.11 Å². The molecule has 0 saturated carbocycles. The van der Waals surface area contributed by atoms with E-state index < -0.39 is 0 Å². The van der Waals surface area contributed by atoms with Gasteiger partial charge in [0.05, 0.1) is 19.2 Å². The molecule has 0 amide bonds. The van der Waals surface area contributed by atoms with Crippen molar-refractivity contribution in [1.82, 2.24) is 10.2 Å². The van der Waals surface area contributed by atoms with E-state index in [1.165, 1.54) is 19.3 Å². The molecule has 1 unspecified atom stereocenters. The third kappa shape index (κ3) is 4.61. The van der Waals surface area contributed by atoms with Crippen LogP contribution >= 0.6 is 0 Å². The average molecular weight is 211 g/mol. The monoisotopic (exact) mass is 211 g/mol. The number of rotatable bonds is 6. The zero-order valence-corrected chi connectivity index (χ0v) is 9.54. The maximum Gasteiger partial charge on any atom is 0.0868 e. The summed E-state index contributed by atoms with van der Waals surface area (Å²) in [6, 6.07) is 2.78. The molecule has 1 N–H and O–H groups in total. The standard InChI is InChI=1S/C11H21N3O/c1-15-9-6-13-10-11-4-2-3-7-14(11)8-5-12/h11,13H,2-4,6-10H2,1H3. The molecule has 4 heteroatoms. The van der Waals surface area contributed by atoms with Gasteiger partial charge in [-0.1, -0.05) is 6.42 Å². The van der Waals surface area contributed by atoms with Crippen LogP contribution in [0.25, 0.3) is 0 Å². The lowest BCUT2D eigenvalue weighted by molar-refractivity contribution is 0.156. The predicted octanol–water partition coefficient (Wildman–Crippen LogP) is 0.600. The topological polar surface area (TPSA) is 48.3 Å². The molecule has 1 fully saturated rings. The van der Waals surface area contributed by atoms with E-state index in [9.17, 15) is 0 Å². The van der Waals surface area contributed by atoms with Gasteiger partial charge in [0, 0.05) is 26.2 Å². The van der Waals surface area contributed by atoms with E-state index in [-0.39, 0.29) is 0 Å². The minimum absolute atomic E-state index is 0.537. The summed E-state index contributed by atoms with van der Waals surface area (Å²) in [5, 5.41) is 12.1. The highest BCUT2D eigenvalue weighted by Crippen LogP contribution is 2.15. The second-order valence-corrected chi connectivity index (χ2v) is 3.98. The summed E-state index contributed by atoms with van der Waals surface area (Å²) in [5.74, 6) is 0. The van der Waals surface area contributed by atoms with E-state index in [1.807, 2.05) is 0 Å². The predicted molar refractivity (Wildman–Crippen MR) is 59.6 cm³/mol. The third-order valence-corrected chi connectivity index (χ3v) is 2.89. The maximum absolute atomic E-state index is 8.71. The van der Waals surface area contributed by atoms with Gasteiger partial charge < -0.3 is 10.1 Å². The van der Waals surface area contributed by atoms with Crippen molar-refractivity contribution in [1.29, 1.82) is 5.26 Å². The first-order chi connectivity index (χ1) is 7.38. The average Bonchev–Trinajstić information content (AvgIpc) is 2.27. The number of nitrogens with zero attached hydrogens (tertiary/aromatic N) is 2. The Morgan fingerprint density at radius 2 is 2.40 bits per heavy atom. The molecule has 1 atom stereocenters. The quantitative estimate of drug-likeness (QED) is 0.516. The van der Waals surface area contributed by atoms with Gasteiger partial charge in [0.15, 0.2) is 0 Å². The minimum atomic E-state index is 0.537. The van der Waals surface area contributed by atoms with Crippen molar-refractivity contribution in [3.8, 4) is 6.07 Å². The van der Waals surface area contributed by atoms with Crippen LogP contribution in [0, 0.1) is 11.3 Å². The number of piperidine rings is 1. The van der Waals surface area contributed by atoms with Crippen molar-refractivity contribution in [2.24, 2.45) is 0 Å². The van der Waals surface area contributed by atoms with Gasteiger partial charge in [0.25, 0.3) is 0 Å². The van der Waals surface area contributed by atoms with E-state index in [0.717, 1.165) is 26.2 Å². The van der Waals surface area contributed by atoms with Crippen LogP contribution in [-0.2, 0) is 4.74 Å². The smallest absolute Gasteiger partial charge is 0.0868 e. The third-order valence-electron chi connectivity index (χ3n) is 2.89. The highest BCUT2D eigenvalue weighted by Gasteiger charge is 2.21.